The summed E-state index contributed by atoms with van der Waals surface area (Å²) in [6.07, 6.45) is 2.12. The number of allylic oxidation sites excluding steroid dienone is 1. The first kappa shape index (κ1) is 13.1. The van der Waals surface area contributed by atoms with Crippen molar-refractivity contribution in [2.24, 2.45) is 0 Å². The summed E-state index contributed by atoms with van der Waals surface area (Å²) in [6, 6.07) is 18.3. The Morgan fingerprint density at radius 1 is 1.00 bits per heavy atom. The number of aliphatic carboxylic acids is 1. The van der Waals surface area contributed by atoms with Crippen LogP contribution in [0.4, 0.5) is 0 Å². The van der Waals surface area contributed by atoms with E-state index in [4.69, 9.17) is 5.11 Å². The van der Waals surface area contributed by atoms with E-state index in [0.29, 0.717) is 0 Å². The lowest BCUT2D eigenvalue weighted by Gasteiger charge is -2.04. The number of hydrogen-bond donors (Lipinski definition) is 1. The van der Waals surface area contributed by atoms with Gasteiger partial charge in [0.15, 0.2) is 0 Å². The highest BCUT2D eigenvalue weighted by Gasteiger charge is 2.00. The SMILES string of the molecule is CC(=CC(=O)O)c1ccc(Cc2ccccc2)cc1. The fourth-order valence-electron chi connectivity index (χ4n) is 1.99. The van der Waals surface area contributed by atoms with Crippen LogP contribution in [-0.4, -0.2) is 11.1 Å². The molecule has 0 bridgehead atoms. The molecule has 0 radical (unpaired) electrons. The first-order chi connectivity index (χ1) is 9.15. The Morgan fingerprint density at radius 2 is 1.58 bits per heavy atom. The molecule has 0 atom stereocenters. The van der Waals surface area contributed by atoms with Crippen LogP contribution in [-0.2, 0) is 11.2 Å². The van der Waals surface area contributed by atoms with E-state index in [1.54, 1.807) is 6.92 Å². The average molecular weight is 252 g/mol. The lowest BCUT2D eigenvalue weighted by Crippen LogP contribution is -1.91. The van der Waals surface area contributed by atoms with E-state index >= 15 is 0 Å². The Hall–Kier alpha value is -2.35. The fourth-order valence-corrected chi connectivity index (χ4v) is 1.99. The maximum Gasteiger partial charge on any atom is 0.328 e. The molecule has 0 aliphatic carbocycles. The van der Waals surface area contributed by atoms with Gasteiger partial charge in [-0.15, -0.1) is 0 Å². The van der Waals surface area contributed by atoms with Crippen LogP contribution in [0.3, 0.4) is 0 Å². The van der Waals surface area contributed by atoms with Gasteiger partial charge in [0.1, 0.15) is 0 Å². The van der Waals surface area contributed by atoms with Crippen LogP contribution < -0.4 is 0 Å². The molecule has 0 saturated carbocycles. The average Bonchev–Trinajstić information content (AvgIpc) is 2.40. The zero-order chi connectivity index (χ0) is 13.7. The Balaban J connectivity index is 2.13. The maximum absolute atomic E-state index is 10.6. The number of rotatable bonds is 4. The number of hydrogen-bond acceptors (Lipinski definition) is 1. The monoisotopic (exact) mass is 252 g/mol. The van der Waals surface area contributed by atoms with Crippen molar-refractivity contribution in [3.63, 3.8) is 0 Å². The summed E-state index contributed by atoms with van der Waals surface area (Å²) >= 11 is 0. The molecule has 2 aromatic carbocycles. The highest BCUT2D eigenvalue weighted by Crippen LogP contribution is 2.16. The second-order valence-corrected chi connectivity index (χ2v) is 4.52. The van der Waals surface area contributed by atoms with Crippen molar-refractivity contribution < 1.29 is 9.90 Å². The molecule has 0 amide bonds. The maximum atomic E-state index is 10.6. The summed E-state index contributed by atoms with van der Waals surface area (Å²) in [7, 11) is 0. The molecule has 1 N–H and O–H groups in total. The van der Waals surface area contributed by atoms with Gasteiger partial charge in [0, 0.05) is 6.08 Å². The molecule has 0 aromatic heterocycles. The summed E-state index contributed by atoms with van der Waals surface area (Å²) in [4.78, 5) is 10.6. The Morgan fingerprint density at radius 3 is 2.16 bits per heavy atom. The minimum absolute atomic E-state index is 0.763. The van der Waals surface area contributed by atoms with Gasteiger partial charge in [-0.05, 0) is 35.6 Å². The van der Waals surface area contributed by atoms with Crippen molar-refractivity contribution in [1.29, 1.82) is 0 Å². The van der Waals surface area contributed by atoms with Gasteiger partial charge in [-0.3, -0.25) is 0 Å². The quantitative estimate of drug-likeness (QED) is 0.841. The van der Waals surface area contributed by atoms with Crippen molar-refractivity contribution >= 4 is 11.5 Å². The Bertz CT molecular complexity index is 580. The fraction of sp³-hybridized carbons (Fsp3) is 0.118. The van der Waals surface area contributed by atoms with Gasteiger partial charge in [-0.1, -0.05) is 54.6 Å². The van der Waals surface area contributed by atoms with Gasteiger partial charge in [-0.25, -0.2) is 4.79 Å². The number of carbonyl (C=O) groups is 1. The highest BCUT2D eigenvalue weighted by atomic mass is 16.4. The molecular weight excluding hydrogens is 236 g/mol. The van der Waals surface area contributed by atoms with E-state index in [1.165, 1.54) is 17.2 Å². The van der Waals surface area contributed by atoms with E-state index in [2.05, 4.69) is 12.1 Å². The normalized spacial score (nSPS) is 11.3. The predicted octanol–water partition coefficient (Wildman–Crippen LogP) is 3.77. The summed E-state index contributed by atoms with van der Waals surface area (Å²) in [5.74, 6) is -0.911. The smallest absolute Gasteiger partial charge is 0.328 e. The molecule has 0 heterocycles. The number of benzene rings is 2. The topological polar surface area (TPSA) is 37.3 Å². The molecule has 2 aromatic rings. The van der Waals surface area contributed by atoms with E-state index in [-0.39, 0.29) is 0 Å². The molecule has 0 saturated heterocycles. The second kappa shape index (κ2) is 6.01. The van der Waals surface area contributed by atoms with Crippen LogP contribution in [0.2, 0.25) is 0 Å². The second-order valence-electron chi connectivity index (χ2n) is 4.52. The van der Waals surface area contributed by atoms with Gasteiger partial charge in [0.25, 0.3) is 0 Å². The lowest BCUT2D eigenvalue weighted by atomic mass is 10.0. The predicted molar refractivity (Wildman–Crippen MR) is 77.0 cm³/mol. The number of carboxylic acids is 1. The summed E-state index contributed by atoms with van der Waals surface area (Å²) in [5, 5.41) is 8.72. The van der Waals surface area contributed by atoms with Crippen LogP contribution in [0.25, 0.3) is 5.57 Å². The van der Waals surface area contributed by atoms with Crippen LogP contribution >= 0.6 is 0 Å². The van der Waals surface area contributed by atoms with Crippen molar-refractivity contribution in [2.75, 3.05) is 0 Å². The molecular formula is C17H16O2. The van der Waals surface area contributed by atoms with Crippen molar-refractivity contribution in [3.05, 3.63) is 77.4 Å². The molecule has 0 spiro atoms. The lowest BCUT2D eigenvalue weighted by molar-refractivity contribution is -0.131. The molecule has 96 valence electrons. The van der Waals surface area contributed by atoms with Crippen molar-refractivity contribution in [3.8, 4) is 0 Å². The van der Waals surface area contributed by atoms with Crippen molar-refractivity contribution in [2.45, 2.75) is 13.3 Å². The molecule has 0 unspecified atom stereocenters. The third-order valence-corrected chi connectivity index (χ3v) is 3.00. The Kier molecular flexibility index (Phi) is 4.14. The summed E-state index contributed by atoms with van der Waals surface area (Å²) < 4.78 is 0. The van der Waals surface area contributed by atoms with Crippen LogP contribution in [0.1, 0.15) is 23.6 Å². The molecule has 0 fully saturated rings. The number of carboxylic acid groups (broad SMARTS) is 1. The third-order valence-electron chi connectivity index (χ3n) is 3.00. The van der Waals surface area contributed by atoms with Crippen molar-refractivity contribution in [1.82, 2.24) is 0 Å². The molecule has 0 aliphatic rings. The van der Waals surface area contributed by atoms with Crippen LogP contribution in [0, 0.1) is 0 Å². The summed E-state index contributed by atoms with van der Waals surface area (Å²) in [5.41, 5.74) is 4.20. The van der Waals surface area contributed by atoms with Gasteiger partial charge in [0.2, 0.25) is 0 Å². The van der Waals surface area contributed by atoms with Gasteiger partial charge >= 0.3 is 5.97 Å². The van der Waals surface area contributed by atoms with Gasteiger partial charge < -0.3 is 5.11 Å². The highest BCUT2D eigenvalue weighted by molar-refractivity contribution is 5.89. The summed E-state index contributed by atoms with van der Waals surface area (Å²) in [6.45, 7) is 1.81. The Labute approximate surface area is 113 Å². The largest absolute Gasteiger partial charge is 0.478 e. The molecule has 2 heteroatoms. The molecule has 2 nitrogen and oxygen atoms in total. The van der Waals surface area contributed by atoms with Gasteiger partial charge in [0.05, 0.1) is 0 Å². The third kappa shape index (κ3) is 3.81. The zero-order valence-electron chi connectivity index (χ0n) is 10.8. The van der Waals surface area contributed by atoms with Crippen LogP contribution in [0.15, 0.2) is 60.7 Å². The minimum Gasteiger partial charge on any atom is -0.478 e. The van der Waals surface area contributed by atoms with E-state index in [0.717, 1.165) is 17.6 Å². The van der Waals surface area contributed by atoms with Gasteiger partial charge in [-0.2, -0.15) is 0 Å². The van der Waals surface area contributed by atoms with E-state index < -0.39 is 5.97 Å². The van der Waals surface area contributed by atoms with E-state index in [1.807, 2.05) is 42.5 Å². The first-order valence-corrected chi connectivity index (χ1v) is 6.19. The van der Waals surface area contributed by atoms with E-state index in [9.17, 15) is 4.79 Å². The zero-order valence-corrected chi connectivity index (χ0v) is 10.8. The molecule has 0 aliphatic heterocycles. The molecule has 19 heavy (non-hydrogen) atoms. The first-order valence-electron chi connectivity index (χ1n) is 6.19. The molecule has 2 rings (SSSR count). The minimum atomic E-state index is -0.911. The van der Waals surface area contributed by atoms with Crippen LogP contribution in [0.5, 0.6) is 0 Å². The standard InChI is InChI=1S/C17H16O2/c1-13(11-17(18)19)16-9-7-15(8-10-16)12-14-5-3-2-4-6-14/h2-11H,12H2,1H3,(H,18,19).